The predicted octanol–water partition coefficient (Wildman–Crippen LogP) is 3.32. The van der Waals surface area contributed by atoms with Gasteiger partial charge in [-0.1, -0.05) is 6.92 Å². The minimum Gasteiger partial charge on any atom is -0.377 e. The highest BCUT2D eigenvalue weighted by Gasteiger charge is 2.42. The summed E-state index contributed by atoms with van der Waals surface area (Å²) in [7, 11) is 4.50. The van der Waals surface area contributed by atoms with Gasteiger partial charge < -0.3 is 31.5 Å². The van der Waals surface area contributed by atoms with Crippen LogP contribution < -0.4 is 0 Å². The first kappa shape index (κ1) is 28.7. The van der Waals surface area contributed by atoms with E-state index >= 15 is 0 Å². The van der Waals surface area contributed by atoms with Crippen LogP contribution in [0.4, 0.5) is 0 Å². The number of rotatable bonds is 17. The van der Waals surface area contributed by atoms with E-state index in [0.29, 0.717) is 18.6 Å². The summed E-state index contributed by atoms with van der Waals surface area (Å²) in [6, 6.07) is 1.42. The first-order chi connectivity index (χ1) is 13.7. The van der Waals surface area contributed by atoms with E-state index in [2.05, 4.69) is 6.92 Å². The van der Waals surface area contributed by atoms with Gasteiger partial charge >= 0.3 is 17.6 Å². The fraction of sp³-hybridized carbons (Fsp3) is 0.947. The van der Waals surface area contributed by atoms with Gasteiger partial charge in [0.1, 0.15) is 0 Å². The molecule has 0 aromatic carbocycles. The number of amides is 1. The molecule has 0 aliphatic carbocycles. The minimum atomic E-state index is -2.64. The van der Waals surface area contributed by atoms with Crippen molar-refractivity contribution in [3.05, 3.63) is 0 Å². The van der Waals surface area contributed by atoms with Crippen molar-refractivity contribution < 1.29 is 31.4 Å². The fourth-order valence-electron chi connectivity index (χ4n) is 4.21. The van der Waals surface area contributed by atoms with E-state index in [-0.39, 0.29) is 11.4 Å². The molecule has 0 heterocycles. The molecule has 0 fully saturated rings. The lowest BCUT2D eigenvalue weighted by Gasteiger charge is -2.44. The van der Waals surface area contributed by atoms with E-state index in [0.717, 1.165) is 32.1 Å². The predicted molar refractivity (Wildman–Crippen MR) is 118 cm³/mol. The molecular formula is C19H43NO7Si2. The summed E-state index contributed by atoms with van der Waals surface area (Å²) in [5, 5.41) is 0. The molecule has 0 atom stereocenters. The van der Waals surface area contributed by atoms with Gasteiger partial charge in [0.25, 0.3) is 0 Å². The van der Waals surface area contributed by atoms with Crippen molar-refractivity contribution in [2.24, 2.45) is 0 Å². The van der Waals surface area contributed by atoms with Crippen molar-refractivity contribution in [1.29, 1.82) is 0 Å². The van der Waals surface area contributed by atoms with Crippen LogP contribution in [-0.4, -0.2) is 83.2 Å². The van der Waals surface area contributed by atoms with Crippen LogP contribution in [0, 0.1) is 0 Å². The molecule has 0 bridgehead atoms. The van der Waals surface area contributed by atoms with Crippen LogP contribution in [0.3, 0.4) is 0 Å². The van der Waals surface area contributed by atoms with Gasteiger partial charge in [0.2, 0.25) is 5.91 Å². The summed E-state index contributed by atoms with van der Waals surface area (Å²) >= 11 is 0. The van der Waals surface area contributed by atoms with Gasteiger partial charge in [-0.2, -0.15) is 0 Å². The third-order valence-corrected chi connectivity index (χ3v) is 11.7. The van der Waals surface area contributed by atoms with Crippen LogP contribution in [-0.2, 0) is 31.4 Å². The molecule has 0 rings (SSSR count). The number of carbonyl (C=O) groups is 1. The monoisotopic (exact) mass is 453 g/mol. The second-order valence-corrected chi connectivity index (χ2v) is 13.3. The van der Waals surface area contributed by atoms with E-state index in [9.17, 15) is 4.79 Å². The quantitative estimate of drug-likeness (QED) is 0.313. The zero-order valence-corrected chi connectivity index (χ0v) is 22.0. The van der Waals surface area contributed by atoms with E-state index in [4.69, 9.17) is 26.6 Å². The molecule has 0 aliphatic heterocycles. The number of nitrogens with zero attached hydrogens (tertiary/aromatic N) is 1. The summed E-state index contributed by atoms with van der Waals surface area (Å²) < 4.78 is 33.3. The largest absolute Gasteiger partial charge is 0.500 e. The molecule has 0 N–H and O–H groups in total. The SMILES string of the molecule is CCN(C(C)=O)C(CC)(CCC[Si](OC)(OC)OC)CCC[Si](OC)(OC)OC. The lowest BCUT2D eigenvalue weighted by atomic mass is 9.84. The highest BCUT2D eigenvalue weighted by Crippen LogP contribution is 2.34. The molecule has 0 aromatic heterocycles. The second-order valence-electron chi connectivity index (χ2n) is 7.14. The van der Waals surface area contributed by atoms with E-state index < -0.39 is 17.6 Å². The maximum atomic E-state index is 12.4. The first-order valence-corrected chi connectivity index (χ1v) is 14.2. The Morgan fingerprint density at radius 2 is 1.10 bits per heavy atom. The van der Waals surface area contributed by atoms with Crippen LogP contribution in [0.5, 0.6) is 0 Å². The molecule has 0 radical (unpaired) electrons. The van der Waals surface area contributed by atoms with E-state index in [1.807, 2.05) is 11.8 Å². The summed E-state index contributed by atoms with van der Waals surface area (Å²) in [6.45, 7) is 6.49. The Morgan fingerprint density at radius 3 is 1.31 bits per heavy atom. The fourth-order valence-corrected chi connectivity index (χ4v) is 7.66. The van der Waals surface area contributed by atoms with Crippen LogP contribution in [0.2, 0.25) is 12.1 Å². The lowest BCUT2D eigenvalue weighted by Crippen LogP contribution is -2.52. The summed E-state index contributed by atoms with van der Waals surface area (Å²) in [6.07, 6.45) is 4.26. The molecule has 0 saturated carbocycles. The molecule has 174 valence electrons. The number of hydrogen-bond acceptors (Lipinski definition) is 7. The van der Waals surface area contributed by atoms with Crippen LogP contribution in [0.25, 0.3) is 0 Å². The molecule has 1 amide bonds. The third-order valence-electron chi connectivity index (χ3n) is 6.04. The summed E-state index contributed by atoms with van der Waals surface area (Å²) in [4.78, 5) is 14.4. The van der Waals surface area contributed by atoms with Gasteiger partial charge in [-0.3, -0.25) is 4.79 Å². The minimum absolute atomic E-state index is 0.0943. The van der Waals surface area contributed by atoms with Crippen molar-refractivity contribution in [3.8, 4) is 0 Å². The standard InChI is InChI=1S/C19H43NO7Si2/c1-10-19(20(11-2)18(3)21,14-12-16-28(22-4,23-5)24-6)15-13-17-29(25-7,26-8)27-9/h10-17H2,1-9H3. The van der Waals surface area contributed by atoms with Gasteiger partial charge in [0, 0.05) is 73.8 Å². The van der Waals surface area contributed by atoms with E-state index in [1.54, 1.807) is 49.6 Å². The van der Waals surface area contributed by atoms with Crippen LogP contribution >= 0.6 is 0 Å². The molecule has 0 unspecified atom stereocenters. The summed E-state index contributed by atoms with van der Waals surface area (Å²) in [5.74, 6) is 0.0943. The summed E-state index contributed by atoms with van der Waals surface area (Å²) in [5.41, 5.74) is -0.245. The molecule has 8 nitrogen and oxygen atoms in total. The molecule has 10 heteroatoms. The lowest BCUT2D eigenvalue weighted by molar-refractivity contribution is -0.136. The second kappa shape index (κ2) is 13.9. The molecule has 0 spiro atoms. The Balaban J connectivity index is 5.43. The zero-order valence-electron chi connectivity index (χ0n) is 20.0. The van der Waals surface area contributed by atoms with Gasteiger partial charge in [0.05, 0.1) is 0 Å². The molecule has 0 saturated heterocycles. The van der Waals surface area contributed by atoms with Crippen molar-refractivity contribution in [1.82, 2.24) is 4.90 Å². The molecular weight excluding hydrogens is 410 g/mol. The van der Waals surface area contributed by atoms with E-state index in [1.165, 1.54) is 0 Å². The van der Waals surface area contributed by atoms with Crippen LogP contribution in [0.1, 0.15) is 52.9 Å². The Kier molecular flexibility index (Phi) is 13.7. The van der Waals surface area contributed by atoms with Gasteiger partial charge in [-0.05, 0) is 39.0 Å². The number of hydrogen-bond donors (Lipinski definition) is 0. The maximum Gasteiger partial charge on any atom is 0.500 e. The molecule has 0 aliphatic rings. The van der Waals surface area contributed by atoms with Crippen molar-refractivity contribution in [3.63, 3.8) is 0 Å². The maximum absolute atomic E-state index is 12.4. The van der Waals surface area contributed by atoms with Crippen molar-refractivity contribution in [2.75, 3.05) is 49.2 Å². The highest BCUT2D eigenvalue weighted by atomic mass is 28.4. The molecule has 0 aromatic rings. The van der Waals surface area contributed by atoms with Gasteiger partial charge in [-0.25, -0.2) is 0 Å². The molecule has 29 heavy (non-hydrogen) atoms. The average Bonchev–Trinajstić information content (AvgIpc) is 2.74. The Morgan fingerprint density at radius 1 is 0.759 bits per heavy atom. The Labute approximate surface area is 179 Å². The number of carbonyl (C=O) groups excluding carboxylic acids is 1. The van der Waals surface area contributed by atoms with Crippen LogP contribution in [0.15, 0.2) is 0 Å². The topological polar surface area (TPSA) is 75.7 Å². The van der Waals surface area contributed by atoms with Crippen molar-refractivity contribution in [2.45, 2.75) is 70.5 Å². The third kappa shape index (κ3) is 7.69. The Hall–Kier alpha value is -0.336. The highest BCUT2D eigenvalue weighted by molar-refractivity contribution is 6.60. The average molecular weight is 454 g/mol. The zero-order chi connectivity index (χ0) is 22.6. The first-order valence-electron chi connectivity index (χ1n) is 10.3. The van der Waals surface area contributed by atoms with Gasteiger partial charge in [-0.15, -0.1) is 0 Å². The Bertz CT molecular complexity index is 417. The van der Waals surface area contributed by atoms with Crippen molar-refractivity contribution >= 4 is 23.5 Å². The smallest absolute Gasteiger partial charge is 0.377 e. The normalized spacial score (nSPS) is 13.0. The van der Waals surface area contributed by atoms with Gasteiger partial charge in [0.15, 0.2) is 0 Å².